The number of aliphatic hydroxyl groups excluding tert-OH is 1. The number of para-hydroxylation sites is 2. The van der Waals surface area contributed by atoms with Crippen LogP contribution in [0.3, 0.4) is 0 Å². The molecule has 1 aromatic heterocycles. The maximum atomic E-state index is 12.6. The summed E-state index contributed by atoms with van der Waals surface area (Å²) in [5, 5.41) is 15.1. The molecular weight excluding hydrogens is 344 g/mol. The zero-order valence-electron chi connectivity index (χ0n) is 15.3. The van der Waals surface area contributed by atoms with Gasteiger partial charge in [-0.25, -0.2) is 4.98 Å². The number of benzene rings is 2. The Morgan fingerprint density at radius 3 is 2.70 bits per heavy atom. The van der Waals surface area contributed by atoms with Gasteiger partial charge in [-0.15, -0.1) is 0 Å². The van der Waals surface area contributed by atoms with E-state index in [-0.39, 0.29) is 19.1 Å². The highest BCUT2D eigenvalue weighted by Crippen LogP contribution is 2.20. The van der Waals surface area contributed by atoms with E-state index >= 15 is 0 Å². The van der Waals surface area contributed by atoms with Crippen molar-refractivity contribution in [1.29, 1.82) is 0 Å². The molecule has 0 bridgehead atoms. The fourth-order valence-electron chi connectivity index (χ4n) is 2.80. The first-order chi connectivity index (χ1) is 13.2. The van der Waals surface area contributed by atoms with Crippen LogP contribution in [-0.2, 0) is 11.3 Å². The van der Waals surface area contributed by atoms with E-state index in [1.54, 1.807) is 0 Å². The zero-order chi connectivity index (χ0) is 19.1. The van der Waals surface area contributed by atoms with Crippen molar-refractivity contribution in [2.75, 3.05) is 30.4 Å². The molecule has 0 fully saturated rings. The van der Waals surface area contributed by atoms with Crippen molar-refractivity contribution in [2.24, 2.45) is 0 Å². The van der Waals surface area contributed by atoms with Gasteiger partial charge in [-0.3, -0.25) is 4.79 Å². The van der Waals surface area contributed by atoms with Gasteiger partial charge >= 0.3 is 0 Å². The number of amides is 1. The molecule has 0 radical (unpaired) electrons. The summed E-state index contributed by atoms with van der Waals surface area (Å²) in [4.78, 5) is 17.1. The van der Waals surface area contributed by atoms with Gasteiger partial charge in [0.2, 0.25) is 11.9 Å². The molecule has 0 saturated carbocycles. The van der Waals surface area contributed by atoms with Crippen LogP contribution >= 0.6 is 0 Å². The van der Waals surface area contributed by atoms with Crippen LogP contribution in [0.15, 0.2) is 48.5 Å². The highest BCUT2D eigenvalue weighted by molar-refractivity contribution is 5.92. The average Bonchev–Trinajstić information content (AvgIpc) is 3.01. The van der Waals surface area contributed by atoms with Gasteiger partial charge in [0.05, 0.1) is 17.6 Å². The average molecular weight is 368 g/mol. The van der Waals surface area contributed by atoms with E-state index in [1.807, 2.05) is 60.0 Å². The number of ether oxygens (including phenoxy) is 1. The first-order valence-corrected chi connectivity index (χ1v) is 9.04. The summed E-state index contributed by atoms with van der Waals surface area (Å²) in [6.45, 7) is 3.35. The first kappa shape index (κ1) is 18.7. The number of hydrogen-bond donors (Lipinski definition) is 3. The summed E-state index contributed by atoms with van der Waals surface area (Å²) in [6.07, 6.45) is 0.613. The lowest BCUT2D eigenvalue weighted by atomic mass is 10.3. The lowest BCUT2D eigenvalue weighted by molar-refractivity contribution is -0.116. The minimum Gasteiger partial charge on any atom is -0.494 e. The monoisotopic (exact) mass is 368 g/mol. The van der Waals surface area contributed by atoms with E-state index in [2.05, 4.69) is 15.6 Å². The molecule has 7 heteroatoms. The second kappa shape index (κ2) is 9.05. The third-order valence-corrected chi connectivity index (χ3v) is 4.02. The Labute approximate surface area is 158 Å². The fraction of sp³-hybridized carbons (Fsp3) is 0.300. The number of hydrogen-bond acceptors (Lipinski definition) is 5. The van der Waals surface area contributed by atoms with Crippen LogP contribution < -0.4 is 15.4 Å². The van der Waals surface area contributed by atoms with Crippen molar-refractivity contribution in [3.05, 3.63) is 48.5 Å². The number of fused-ring (bicyclic) bond motifs is 1. The lowest BCUT2D eigenvalue weighted by Crippen LogP contribution is -2.20. The molecule has 0 aliphatic carbocycles. The number of nitrogens with one attached hydrogen (secondary N) is 2. The third-order valence-electron chi connectivity index (χ3n) is 4.02. The van der Waals surface area contributed by atoms with Gasteiger partial charge in [0.25, 0.3) is 0 Å². The Kier molecular flexibility index (Phi) is 6.27. The predicted octanol–water partition coefficient (Wildman–Crippen LogP) is 2.87. The van der Waals surface area contributed by atoms with Crippen molar-refractivity contribution in [3.63, 3.8) is 0 Å². The summed E-state index contributed by atoms with van der Waals surface area (Å²) in [5.74, 6) is 1.24. The molecule has 0 atom stereocenters. The molecule has 7 nitrogen and oxygen atoms in total. The molecule has 27 heavy (non-hydrogen) atoms. The van der Waals surface area contributed by atoms with Crippen LogP contribution in [0.1, 0.15) is 13.3 Å². The normalized spacial score (nSPS) is 10.7. The van der Waals surface area contributed by atoms with Crippen LogP contribution in [0.5, 0.6) is 5.75 Å². The molecular formula is C20H24N4O3. The minimum atomic E-state index is -0.146. The number of nitrogens with zero attached hydrogens (tertiary/aromatic N) is 2. The summed E-state index contributed by atoms with van der Waals surface area (Å²) >= 11 is 0. The topological polar surface area (TPSA) is 88.4 Å². The molecule has 0 spiro atoms. The molecule has 3 rings (SSSR count). The second-order valence-corrected chi connectivity index (χ2v) is 6.02. The Hall–Kier alpha value is -3.06. The van der Waals surface area contributed by atoms with Crippen molar-refractivity contribution < 1.29 is 14.6 Å². The summed E-state index contributed by atoms with van der Waals surface area (Å²) in [5.41, 5.74) is 2.41. The van der Waals surface area contributed by atoms with Crippen LogP contribution in [0.4, 0.5) is 11.6 Å². The predicted molar refractivity (Wildman–Crippen MR) is 106 cm³/mol. The standard InChI is InChI=1S/C20H24N4O3/c1-2-27-16-10-8-15(9-11-16)22-19(26)14-24-18-7-4-3-6-17(18)23-20(24)21-12-5-13-25/h3-4,6-11,25H,2,5,12-14H2,1H3,(H,21,23)(H,22,26). The third kappa shape index (κ3) is 4.77. The number of anilines is 2. The molecule has 142 valence electrons. The summed E-state index contributed by atoms with van der Waals surface area (Å²) in [7, 11) is 0. The number of rotatable bonds is 9. The highest BCUT2D eigenvalue weighted by Gasteiger charge is 2.13. The Balaban J connectivity index is 1.74. The zero-order valence-corrected chi connectivity index (χ0v) is 15.3. The quantitative estimate of drug-likeness (QED) is 0.506. The molecule has 0 aliphatic rings. The van der Waals surface area contributed by atoms with Crippen LogP contribution in [-0.4, -0.2) is 40.3 Å². The van der Waals surface area contributed by atoms with Crippen molar-refractivity contribution in [1.82, 2.24) is 9.55 Å². The van der Waals surface area contributed by atoms with Crippen molar-refractivity contribution in [2.45, 2.75) is 19.9 Å². The lowest BCUT2D eigenvalue weighted by Gasteiger charge is -2.11. The summed E-state index contributed by atoms with van der Waals surface area (Å²) in [6, 6.07) is 15.0. The van der Waals surface area contributed by atoms with Crippen molar-refractivity contribution >= 4 is 28.6 Å². The van der Waals surface area contributed by atoms with E-state index in [1.165, 1.54) is 0 Å². The molecule has 0 saturated heterocycles. The molecule has 3 N–H and O–H groups in total. The molecule has 2 aromatic carbocycles. The van der Waals surface area contributed by atoms with E-state index in [4.69, 9.17) is 9.84 Å². The van der Waals surface area contributed by atoms with E-state index < -0.39 is 0 Å². The highest BCUT2D eigenvalue weighted by atomic mass is 16.5. The molecule has 0 unspecified atom stereocenters. The van der Waals surface area contributed by atoms with Crippen LogP contribution in [0.2, 0.25) is 0 Å². The Morgan fingerprint density at radius 2 is 1.96 bits per heavy atom. The van der Waals surface area contributed by atoms with Gasteiger partial charge < -0.3 is 25.0 Å². The van der Waals surface area contributed by atoms with Gasteiger partial charge in [-0.1, -0.05) is 12.1 Å². The van der Waals surface area contributed by atoms with E-state index in [0.717, 1.165) is 16.8 Å². The van der Waals surface area contributed by atoms with E-state index in [0.29, 0.717) is 31.2 Å². The van der Waals surface area contributed by atoms with Crippen LogP contribution in [0.25, 0.3) is 11.0 Å². The largest absolute Gasteiger partial charge is 0.494 e. The van der Waals surface area contributed by atoms with Gasteiger partial charge in [-0.2, -0.15) is 0 Å². The molecule has 0 aliphatic heterocycles. The molecule has 1 heterocycles. The number of carbonyl (C=O) groups excluding carboxylic acids is 1. The second-order valence-electron chi connectivity index (χ2n) is 6.02. The Bertz CT molecular complexity index is 890. The Morgan fingerprint density at radius 1 is 1.19 bits per heavy atom. The van der Waals surface area contributed by atoms with Gasteiger partial charge in [0.1, 0.15) is 12.3 Å². The first-order valence-electron chi connectivity index (χ1n) is 9.04. The van der Waals surface area contributed by atoms with Gasteiger partial charge in [0, 0.05) is 18.8 Å². The van der Waals surface area contributed by atoms with Gasteiger partial charge in [0.15, 0.2) is 0 Å². The maximum Gasteiger partial charge on any atom is 0.244 e. The van der Waals surface area contributed by atoms with E-state index in [9.17, 15) is 4.79 Å². The minimum absolute atomic E-state index is 0.103. The van der Waals surface area contributed by atoms with Crippen molar-refractivity contribution in [3.8, 4) is 5.75 Å². The SMILES string of the molecule is CCOc1ccc(NC(=O)Cn2c(NCCCO)nc3ccccc32)cc1. The maximum absolute atomic E-state index is 12.6. The smallest absolute Gasteiger partial charge is 0.244 e. The molecule has 3 aromatic rings. The number of imidazole rings is 1. The fourth-order valence-corrected chi connectivity index (χ4v) is 2.80. The summed E-state index contributed by atoms with van der Waals surface area (Å²) < 4.78 is 7.25. The van der Waals surface area contributed by atoms with Gasteiger partial charge in [-0.05, 0) is 49.7 Å². The number of aliphatic hydroxyl groups is 1. The number of carbonyl (C=O) groups is 1. The number of aromatic nitrogens is 2. The molecule has 1 amide bonds. The van der Waals surface area contributed by atoms with Crippen LogP contribution in [0, 0.1) is 0 Å².